The second-order valence-corrected chi connectivity index (χ2v) is 6.40. The van der Waals surface area contributed by atoms with Crippen LogP contribution in [0.25, 0.3) is 11.3 Å². The lowest BCUT2D eigenvalue weighted by Gasteiger charge is -2.11. The molecule has 1 aliphatic rings. The van der Waals surface area contributed by atoms with Crippen LogP contribution in [0.5, 0.6) is 0 Å². The van der Waals surface area contributed by atoms with Gasteiger partial charge in [0.05, 0.1) is 0 Å². The maximum atomic E-state index is 2.43. The Balaban J connectivity index is 2.15. The first-order valence-electron chi connectivity index (χ1n) is 7.68. The zero-order valence-corrected chi connectivity index (χ0v) is 13.0. The number of pyridine rings is 1. The number of hydrogen-bond donors (Lipinski definition) is 0. The van der Waals surface area contributed by atoms with Crippen molar-refractivity contribution in [3.05, 3.63) is 52.7 Å². The molecule has 2 aromatic rings. The molecule has 0 N–H and O–H groups in total. The monoisotopic (exact) mass is 266 g/mol. The Morgan fingerprint density at radius 1 is 1.05 bits per heavy atom. The molecule has 1 heterocycles. The van der Waals surface area contributed by atoms with E-state index in [9.17, 15) is 0 Å². The Morgan fingerprint density at radius 3 is 2.45 bits per heavy atom. The molecule has 104 valence electrons. The fourth-order valence-corrected chi connectivity index (χ4v) is 3.24. The summed E-state index contributed by atoms with van der Waals surface area (Å²) in [6.45, 7) is 6.76. The van der Waals surface area contributed by atoms with Crippen molar-refractivity contribution < 1.29 is 4.57 Å². The number of hydrogen-bond acceptors (Lipinski definition) is 0. The molecule has 3 rings (SSSR count). The van der Waals surface area contributed by atoms with Gasteiger partial charge in [-0.05, 0) is 60.4 Å². The van der Waals surface area contributed by atoms with Crippen LogP contribution in [0.4, 0.5) is 0 Å². The van der Waals surface area contributed by atoms with E-state index < -0.39 is 0 Å². The van der Waals surface area contributed by atoms with Gasteiger partial charge in [0.15, 0.2) is 6.20 Å². The summed E-state index contributed by atoms with van der Waals surface area (Å²) in [7, 11) is 2.14. The van der Waals surface area contributed by atoms with Crippen LogP contribution in [0.15, 0.2) is 30.5 Å². The van der Waals surface area contributed by atoms with Crippen LogP contribution >= 0.6 is 0 Å². The van der Waals surface area contributed by atoms with Gasteiger partial charge in [0.1, 0.15) is 7.05 Å². The number of rotatable bonds is 2. The fraction of sp³-hybridized carbons (Fsp3) is 0.421. The molecule has 0 spiro atoms. The van der Waals surface area contributed by atoms with Crippen molar-refractivity contribution in [1.29, 1.82) is 0 Å². The smallest absolute Gasteiger partial charge is 0.201 e. The molecule has 0 bridgehead atoms. The summed E-state index contributed by atoms with van der Waals surface area (Å²) in [4.78, 5) is 0. The van der Waals surface area contributed by atoms with Gasteiger partial charge in [0.25, 0.3) is 0 Å². The summed E-state index contributed by atoms with van der Waals surface area (Å²) >= 11 is 0. The van der Waals surface area contributed by atoms with E-state index in [0.717, 1.165) is 0 Å². The molecule has 0 saturated carbocycles. The lowest BCUT2D eigenvalue weighted by Crippen LogP contribution is -2.31. The highest BCUT2D eigenvalue weighted by atomic mass is 14.9. The number of aromatic nitrogens is 1. The van der Waals surface area contributed by atoms with Crippen molar-refractivity contribution in [1.82, 2.24) is 0 Å². The molecule has 0 amide bonds. The Morgan fingerprint density at radius 2 is 1.75 bits per heavy atom. The predicted molar refractivity (Wildman–Crippen MR) is 83.9 cm³/mol. The molecule has 0 aliphatic heterocycles. The molecule has 0 unspecified atom stereocenters. The molecular formula is C19H24N+. The summed E-state index contributed by atoms with van der Waals surface area (Å²) in [5, 5.41) is 0. The van der Waals surface area contributed by atoms with Gasteiger partial charge in [-0.3, -0.25) is 0 Å². The molecule has 0 saturated heterocycles. The van der Waals surface area contributed by atoms with Crippen LogP contribution in [0.3, 0.4) is 0 Å². The molecule has 1 aromatic heterocycles. The van der Waals surface area contributed by atoms with Gasteiger partial charge >= 0.3 is 0 Å². The van der Waals surface area contributed by atoms with Crippen LogP contribution in [-0.2, 0) is 19.9 Å². The summed E-state index contributed by atoms with van der Waals surface area (Å²) < 4.78 is 2.25. The highest BCUT2D eigenvalue weighted by Crippen LogP contribution is 2.30. The highest BCUT2D eigenvalue weighted by molar-refractivity contribution is 5.64. The van der Waals surface area contributed by atoms with Crippen LogP contribution in [0.2, 0.25) is 0 Å². The number of aryl methyl sites for hydroxylation is 4. The van der Waals surface area contributed by atoms with Gasteiger partial charge in [-0.25, -0.2) is 4.57 Å². The van der Waals surface area contributed by atoms with Crippen molar-refractivity contribution in [3.8, 4) is 11.3 Å². The second-order valence-electron chi connectivity index (χ2n) is 6.40. The Bertz CT molecular complexity index is 653. The first kappa shape index (κ1) is 13.4. The highest BCUT2D eigenvalue weighted by Gasteiger charge is 2.19. The molecule has 1 aliphatic carbocycles. The van der Waals surface area contributed by atoms with Gasteiger partial charge in [-0.2, -0.15) is 0 Å². The Labute approximate surface area is 122 Å². The minimum absolute atomic E-state index is 0.574. The third-order valence-electron chi connectivity index (χ3n) is 4.56. The third kappa shape index (κ3) is 2.26. The largest absolute Gasteiger partial charge is 0.212 e. The average molecular weight is 266 g/mol. The molecule has 0 fully saturated rings. The maximum absolute atomic E-state index is 2.43. The second kappa shape index (κ2) is 5.05. The van der Waals surface area contributed by atoms with E-state index in [2.05, 4.69) is 62.8 Å². The maximum Gasteiger partial charge on any atom is 0.212 e. The van der Waals surface area contributed by atoms with E-state index in [0.29, 0.717) is 5.92 Å². The van der Waals surface area contributed by atoms with Crippen LogP contribution in [0, 0.1) is 6.92 Å². The van der Waals surface area contributed by atoms with Crippen molar-refractivity contribution >= 4 is 0 Å². The summed E-state index contributed by atoms with van der Waals surface area (Å²) in [6, 6.07) is 9.42. The minimum atomic E-state index is 0.574. The van der Waals surface area contributed by atoms with Gasteiger partial charge in [0, 0.05) is 17.7 Å². The van der Waals surface area contributed by atoms with E-state index >= 15 is 0 Å². The van der Waals surface area contributed by atoms with Gasteiger partial charge in [0.2, 0.25) is 5.69 Å². The topological polar surface area (TPSA) is 3.88 Å². The average Bonchev–Trinajstić information content (AvgIpc) is 2.85. The van der Waals surface area contributed by atoms with Gasteiger partial charge < -0.3 is 0 Å². The van der Waals surface area contributed by atoms with Gasteiger partial charge in [-0.1, -0.05) is 19.9 Å². The van der Waals surface area contributed by atoms with Crippen molar-refractivity contribution in [2.45, 2.75) is 46.0 Å². The normalized spacial score (nSPS) is 13.8. The predicted octanol–water partition coefficient (Wildman–Crippen LogP) is 4.10. The van der Waals surface area contributed by atoms with E-state index in [1.54, 1.807) is 11.1 Å². The molecule has 1 aromatic carbocycles. The molecule has 20 heavy (non-hydrogen) atoms. The van der Waals surface area contributed by atoms with Crippen LogP contribution < -0.4 is 4.57 Å². The molecule has 1 heteroatoms. The molecular weight excluding hydrogens is 242 g/mol. The summed E-state index contributed by atoms with van der Waals surface area (Å²) in [5.74, 6) is 0.574. The quantitative estimate of drug-likeness (QED) is 0.721. The zero-order valence-electron chi connectivity index (χ0n) is 13.0. The Kier molecular flexibility index (Phi) is 3.37. The van der Waals surface area contributed by atoms with Gasteiger partial charge in [-0.15, -0.1) is 0 Å². The lowest BCUT2D eigenvalue weighted by atomic mass is 9.96. The molecule has 1 nitrogen and oxygen atoms in total. The lowest BCUT2D eigenvalue weighted by molar-refractivity contribution is -0.660. The Hall–Kier alpha value is -1.63. The number of nitrogens with zero attached hydrogens (tertiary/aromatic N) is 1. The third-order valence-corrected chi connectivity index (χ3v) is 4.56. The van der Waals surface area contributed by atoms with E-state index in [4.69, 9.17) is 0 Å². The standard InChI is InChI=1S/C19H24N/c1-13(2)15-8-9-20(4)19(12-15)18-11-17-7-5-6-16(17)10-14(18)3/h8-13H,5-7H2,1-4H3/q+1. The van der Waals surface area contributed by atoms with Crippen LogP contribution in [-0.4, -0.2) is 0 Å². The molecule has 0 radical (unpaired) electrons. The van der Waals surface area contributed by atoms with E-state index in [-0.39, 0.29) is 0 Å². The van der Waals surface area contributed by atoms with Crippen molar-refractivity contribution in [2.75, 3.05) is 0 Å². The first-order valence-corrected chi connectivity index (χ1v) is 7.68. The zero-order chi connectivity index (χ0) is 14.3. The van der Waals surface area contributed by atoms with Crippen molar-refractivity contribution in [3.63, 3.8) is 0 Å². The SMILES string of the molecule is Cc1cc2c(cc1-c1cc(C(C)C)cc[n+]1C)CCC2. The number of benzene rings is 1. The first-order chi connectivity index (χ1) is 9.56. The van der Waals surface area contributed by atoms with E-state index in [1.807, 2.05) is 0 Å². The summed E-state index contributed by atoms with van der Waals surface area (Å²) in [6.07, 6.45) is 6.01. The van der Waals surface area contributed by atoms with Crippen molar-refractivity contribution in [2.24, 2.45) is 7.05 Å². The number of fused-ring (bicyclic) bond motifs is 1. The molecule has 0 atom stereocenters. The summed E-state index contributed by atoms with van der Waals surface area (Å²) in [5.41, 5.74) is 8.67. The minimum Gasteiger partial charge on any atom is -0.201 e. The van der Waals surface area contributed by atoms with Crippen LogP contribution in [0.1, 0.15) is 48.4 Å². The fourth-order valence-electron chi connectivity index (χ4n) is 3.24. The van der Waals surface area contributed by atoms with E-state index in [1.165, 1.54) is 41.6 Å².